The maximum atomic E-state index is 15.4. The molecular formula is C33H35FN6O2S. The first-order chi connectivity index (χ1) is 20.5. The van der Waals surface area contributed by atoms with Gasteiger partial charge in [0, 0.05) is 12.4 Å². The van der Waals surface area contributed by atoms with Crippen LogP contribution in [0.15, 0.2) is 73.1 Å². The molecule has 2 N–H and O–H groups in total. The van der Waals surface area contributed by atoms with Gasteiger partial charge in [0.1, 0.15) is 11.5 Å². The van der Waals surface area contributed by atoms with Gasteiger partial charge in [0.15, 0.2) is 5.69 Å². The minimum atomic E-state index is -1.47. The minimum Gasteiger partial charge on any atom is -0.318 e. The summed E-state index contributed by atoms with van der Waals surface area (Å²) in [6.45, 7) is 14.8. The lowest BCUT2D eigenvalue weighted by Crippen LogP contribution is -2.49. The van der Waals surface area contributed by atoms with Crippen molar-refractivity contribution >= 4 is 28.3 Å². The molecular weight excluding hydrogens is 563 g/mol. The fourth-order valence-electron chi connectivity index (χ4n) is 5.00. The predicted octanol–water partition coefficient (Wildman–Crippen LogP) is 7.00. The molecule has 1 aliphatic carbocycles. The second kappa shape index (κ2) is 12.2. The second-order valence-electron chi connectivity index (χ2n) is 12.0. The Morgan fingerprint density at radius 3 is 2.58 bits per heavy atom. The molecule has 1 aliphatic rings. The summed E-state index contributed by atoms with van der Waals surface area (Å²) < 4.78 is 33.3. The minimum absolute atomic E-state index is 0.00848. The molecule has 0 aliphatic heterocycles. The van der Waals surface area contributed by atoms with Crippen LogP contribution in [0.4, 0.5) is 15.8 Å². The number of carbonyl (C=O) groups is 1. The van der Waals surface area contributed by atoms with Gasteiger partial charge in [0.25, 0.3) is 5.91 Å². The standard InChI is InChI=1S/C33H35FN6O2S/c1-22-18-30(40(38-22)27-10-6-9-26(20-27)35-5)31(41)37-29-19-24(13-14-28(29)34)33(16-15-23-11-12-23,25-8-7-17-36-21-25)39-43(42)32(2,3)4/h6-10,13-14,17-21,23,39H,11-12,15-16H2,1-4H3,(H,37,41)/t33?,43-/m1/s1. The lowest BCUT2D eigenvalue weighted by atomic mass is 9.80. The molecule has 43 heavy (non-hydrogen) atoms. The van der Waals surface area contributed by atoms with Crippen LogP contribution in [0, 0.1) is 25.2 Å². The molecule has 1 saturated carbocycles. The van der Waals surface area contributed by atoms with E-state index in [1.54, 1.807) is 61.8 Å². The monoisotopic (exact) mass is 598 g/mol. The summed E-state index contributed by atoms with van der Waals surface area (Å²) in [5.41, 5.74) is 2.28. The van der Waals surface area contributed by atoms with Gasteiger partial charge >= 0.3 is 0 Å². The fourth-order valence-corrected chi connectivity index (χ4v) is 5.96. The number of aryl methyl sites for hydroxylation is 1. The molecule has 1 unspecified atom stereocenters. The number of nitrogens with one attached hydrogen (secondary N) is 2. The number of pyridine rings is 1. The molecule has 1 fully saturated rings. The van der Waals surface area contributed by atoms with E-state index in [9.17, 15) is 9.00 Å². The molecule has 0 bridgehead atoms. The average molecular weight is 599 g/mol. The number of rotatable bonds is 10. The molecule has 2 aromatic heterocycles. The predicted molar refractivity (Wildman–Crippen MR) is 167 cm³/mol. The molecule has 4 aromatic rings. The zero-order valence-electron chi connectivity index (χ0n) is 24.7. The number of hydrogen-bond acceptors (Lipinski definition) is 4. The molecule has 1 amide bonds. The zero-order chi connectivity index (χ0) is 30.8. The number of anilines is 1. The third-order valence-corrected chi connectivity index (χ3v) is 9.22. The summed E-state index contributed by atoms with van der Waals surface area (Å²) in [5.74, 6) is -0.569. The van der Waals surface area contributed by atoms with Gasteiger partial charge in [-0.2, -0.15) is 5.10 Å². The van der Waals surface area contributed by atoms with Gasteiger partial charge in [-0.1, -0.05) is 37.1 Å². The lowest BCUT2D eigenvalue weighted by Gasteiger charge is -2.38. The summed E-state index contributed by atoms with van der Waals surface area (Å²) >= 11 is 0. The van der Waals surface area contributed by atoms with Gasteiger partial charge in [0.2, 0.25) is 0 Å². The van der Waals surface area contributed by atoms with E-state index in [2.05, 4.69) is 25.0 Å². The number of hydrogen-bond donors (Lipinski definition) is 2. The van der Waals surface area contributed by atoms with E-state index in [1.807, 2.05) is 32.9 Å². The first-order valence-electron chi connectivity index (χ1n) is 14.3. The van der Waals surface area contributed by atoms with Crippen molar-refractivity contribution in [1.82, 2.24) is 19.5 Å². The molecule has 2 heterocycles. The Hall–Kier alpha value is -4.20. The first-order valence-corrected chi connectivity index (χ1v) is 15.4. The van der Waals surface area contributed by atoms with Crippen LogP contribution < -0.4 is 10.0 Å². The molecule has 2 aromatic carbocycles. The van der Waals surface area contributed by atoms with E-state index in [0.717, 1.165) is 24.8 Å². The number of amides is 1. The SMILES string of the molecule is [C-]#[N+]c1cccc(-n2nc(C)cc2C(=O)Nc2cc(C(CCC3CC3)(N[S@](=O)C(C)(C)C)c3cccnc3)ccc2F)c1. The molecule has 0 spiro atoms. The van der Waals surface area contributed by atoms with E-state index in [1.165, 1.54) is 10.7 Å². The molecule has 10 heteroatoms. The molecule has 0 radical (unpaired) electrons. The Morgan fingerprint density at radius 1 is 1.12 bits per heavy atom. The number of benzene rings is 2. The molecule has 5 rings (SSSR count). The number of carbonyl (C=O) groups excluding carboxylic acids is 1. The Bertz CT molecular complexity index is 1700. The fraction of sp³-hybridized carbons (Fsp3) is 0.333. The highest BCUT2D eigenvalue weighted by Gasteiger charge is 2.40. The largest absolute Gasteiger partial charge is 0.318 e. The van der Waals surface area contributed by atoms with Crippen molar-refractivity contribution in [3.05, 3.63) is 113 Å². The van der Waals surface area contributed by atoms with Crippen LogP contribution in [-0.4, -0.2) is 29.6 Å². The highest BCUT2D eigenvalue weighted by Crippen LogP contribution is 2.42. The van der Waals surface area contributed by atoms with Gasteiger partial charge in [-0.15, -0.1) is 0 Å². The van der Waals surface area contributed by atoms with E-state index in [0.29, 0.717) is 35.0 Å². The number of aromatic nitrogens is 3. The van der Waals surface area contributed by atoms with Crippen molar-refractivity contribution in [3.63, 3.8) is 0 Å². The topological polar surface area (TPSA) is 93.3 Å². The molecule has 222 valence electrons. The van der Waals surface area contributed by atoms with E-state index in [4.69, 9.17) is 6.57 Å². The highest BCUT2D eigenvalue weighted by molar-refractivity contribution is 7.84. The average Bonchev–Trinajstić information content (AvgIpc) is 3.74. The molecule has 2 atom stereocenters. The van der Waals surface area contributed by atoms with Gasteiger partial charge < -0.3 is 5.32 Å². The summed E-state index contributed by atoms with van der Waals surface area (Å²) in [5, 5.41) is 7.20. The van der Waals surface area contributed by atoms with Gasteiger partial charge in [-0.05, 0) is 94.0 Å². The summed E-state index contributed by atoms with van der Waals surface area (Å²) in [6, 6.07) is 16.8. The Morgan fingerprint density at radius 2 is 1.91 bits per heavy atom. The third kappa shape index (κ3) is 6.74. The normalized spacial score (nSPS) is 15.3. The Kier molecular flexibility index (Phi) is 8.58. The van der Waals surface area contributed by atoms with Crippen LogP contribution in [0.3, 0.4) is 0 Å². The maximum Gasteiger partial charge on any atom is 0.274 e. The van der Waals surface area contributed by atoms with Crippen molar-refractivity contribution in [3.8, 4) is 5.69 Å². The van der Waals surface area contributed by atoms with Gasteiger partial charge in [0.05, 0.1) is 44.9 Å². The molecule has 8 nitrogen and oxygen atoms in total. The number of halogens is 1. The van der Waals surface area contributed by atoms with E-state index < -0.39 is 33.0 Å². The van der Waals surface area contributed by atoms with Crippen LogP contribution in [0.2, 0.25) is 0 Å². The van der Waals surface area contributed by atoms with Crippen LogP contribution in [0.1, 0.15) is 73.8 Å². The van der Waals surface area contributed by atoms with Crippen molar-refractivity contribution in [2.45, 2.75) is 63.7 Å². The lowest BCUT2D eigenvalue weighted by molar-refractivity contribution is 0.101. The summed E-state index contributed by atoms with van der Waals surface area (Å²) in [6.07, 6.45) is 7.26. The van der Waals surface area contributed by atoms with Gasteiger partial charge in [-0.3, -0.25) is 9.78 Å². The zero-order valence-corrected chi connectivity index (χ0v) is 25.5. The highest BCUT2D eigenvalue weighted by atomic mass is 32.2. The first kappa shape index (κ1) is 30.3. The Balaban J connectivity index is 1.56. The second-order valence-corrected chi connectivity index (χ2v) is 13.9. The van der Waals surface area contributed by atoms with Crippen molar-refractivity contribution in [2.24, 2.45) is 5.92 Å². The smallest absolute Gasteiger partial charge is 0.274 e. The quantitative estimate of drug-likeness (QED) is 0.192. The van der Waals surface area contributed by atoms with Gasteiger partial charge in [-0.25, -0.2) is 22.8 Å². The van der Waals surface area contributed by atoms with Crippen LogP contribution in [0.25, 0.3) is 10.5 Å². The van der Waals surface area contributed by atoms with Crippen LogP contribution in [-0.2, 0) is 16.5 Å². The maximum absolute atomic E-state index is 15.4. The van der Waals surface area contributed by atoms with Crippen molar-refractivity contribution < 1.29 is 13.4 Å². The third-order valence-electron chi connectivity index (χ3n) is 7.58. The van der Waals surface area contributed by atoms with E-state index >= 15 is 4.39 Å². The van der Waals surface area contributed by atoms with Crippen LogP contribution >= 0.6 is 0 Å². The van der Waals surface area contributed by atoms with Crippen molar-refractivity contribution in [1.29, 1.82) is 0 Å². The summed E-state index contributed by atoms with van der Waals surface area (Å²) in [7, 11) is -1.47. The van der Waals surface area contributed by atoms with Crippen LogP contribution in [0.5, 0.6) is 0 Å². The van der Waals surface area contributed by atoms with E-state index in [-0.39, 0.29) is 11.4 Å². The summed E-state index contributed by atoms with van der Waals surface area (Å²) in [4.78, 5) is 21.4. The molecule has 0 saturated heterocycles. The Labute approximate surface area is 254 Å². The van der Waals surface area contributed by atoms with Crippen molar-refractivity contribution in [2.75, 3.05) is 5.32 Å². The number of nitrogens with zero attached hydrogens (tertiary/aromatic N) is 4.